The Morgan fingerprint density at radius 2 is 1.93 bits per heavy atom. The maximum Gasteiger partial charge on any atom is 0.429 e. The van der Waals surface area contributed by atoms with Crippen molar-refractivity contribution in [3.8, 4) is 0 Å². The Kier molecular flexibility index (Phi) is 5.15. The summed E-state index contributed by atoms with van der Waals surface area (Å²) in [6.45, 7) is 0.918. The molecule has 2 aromatic carbocycles. The second-order valence-corrected chi connectivity index (χ2v) is 8.29. The van der Waals surface area contributed by atoms with E-state index in [0.717, 1.165) is 16.3 Å². The first-order chi connectivity index (χ1) is 12.9. The zero-order valence-corrected chi connectivity index (χ0v) is 15.5. The number of rotatable bonds is 6. The van der Waals surface area contributed by atoms with E-state index in [1.807, 2.05) is 12.1 Å². The molecule has 1 N–H and O–H groups in total. The highest BCUT2D eigenvalue weighted by Gasteiger charge is 2.57. The van der Waals surface area contributed by atoms with Crippen LogP contribution in [0.5, 0.6) is 0 Å². The minimum absolute atomic E-state index is 0.138. The van der Waals surface area contributed by atoms with Gasteiger partial charge in [-0.3, -0.25) is 9.35 Å². The van der Waals surface area contributed by atoms with E-state index in [1.54, 1.807) is 24.3 Å². The van der Waals surface area contributed by atoms with Crippen LogP contribution in [0.2, 0.25) is 0 Å². The molecule has 0 saturated carbocycles. The fourth-order valence-electron chi connectivity index (χ4n) is 2.97. The fraction of sp³-hybridized carbons (Fsp3) is 0.389. The molecule has 1 fully saturated rings. The van der Waals surface area contributed by atoms with Gasteiger partial charge in [0.1, 0.15) is 11.9 Å². The quantitative estimate of drug-likeness (QED) is 0.440. The molecule has 2 unspecified atom stereocenters. The van der Waals surface area contributed by atoms with Gasteiger partial charge in [0.15, 0.2) is 0 Å². The summed E-state index contributed by atoms with van der Waals surface area (Å²) in [6.07, 6.45) is -5.82. The molecule has 2 atom stereocenters. The van der Waals surface area contributed by atoms with E-state index in [0.29, 0.717) is 19.1 Å². The maximum atomic E-state index is 13.3. The van der Waals surface area contributed by atoms with Crippen LogP contribution in [0, 0.1) is 0 Å². The van der Waals surface area contributed by atoms with Gasteiger partial charge in [-0.2, -0.15) is 21.6 Å². The number of hydrogen-bond donors (Lipinski definition) is 1. The predicted octanol–water partition coefficient (Wildman–Crippen LogP) is 3.21. The number of esters is 1. The highest BCUT2D eigenvalue weighted by Crippen LogP contribution is 2.37. The summed E-state index contributed by atoms with van der Waals surface area (Å²) in [5.74, 6) is -3.05. The zero-order chi connectivity index (χ0) is 20.7. The third kappa shape index (κ3) is 4.62. The van der Waals surface area contributed by atoms with Crippen molar-refractivity contribution >= 4 is 26.9 Å². The molecule has 1 aliphatic rings. The van der Waals surface area contributed by atoms with Crippen molar-refractivity contribution in [3.05, 3.63) is 47.5 Å². The lowest BCUT2D eigenvalue weighted by atomic mass is 9.97. The molecule has 10 heteroatoms. The monoisotopic (exact) mass is 418 g/mol. The van der Waals surface area contributed by atoms with Crippen molar-refractivity contribution in [2.45, 2.75) is 31.2 Å². The van der Waals surface area contributed by atoms with Gasteiger partial charge in [0, 0.05) is 0 Å². The van der Waals surface area contributed by atoms with Gasteiger partial charge in [-0.15, -0.1) is 0 Å². The highest BCUT2D eigenvalue weighted by atomic mass is 32.2. The molecule has 0 aliphatic carbocycles. The van der Waals surface area contributed by atoms with E-state index in [4.69, 9.17) is 9.29 Å². The van der Waals surface area contributed by atoms with Crippen molar-refractivity contribution in [2.75, 3.05) is 12.4 Å². The van der Waals surface area contributed by atoms with Gasteiger partial charge in [0.2, 0.25) is 5.60 Å². The maximum absolute atomic E-state index is 13.3. The Balaban J connectivity index is 1.86. The van der Waals surface area contributed by atoms with Crippen molar-refractivity contribution in [1.29, 1.82) is 0 Å². The average Bonchev–Trinajstić information content (AvgIpc) is 3.35. The van der Waals surface area contributed by atoms with E-state index in [9.17, 15) is 26.4 Å². The molecule has 1 heterocycles. The van der Waals surface area contributed by atoms with Gasteiger partial charge in [-0.1, -0.05) is 36.4 Å². The molecule has 1 saturated heterocycles. The van der Waals surface area contributed by atoms with Crippen molar-refractivity contribution in [2.24, 2.45) is 0 Å². The number of benzene rings is 2. The molecule has 28 heavy (non-hydrogen) atoms. The van der Waals surface area contributed by atoms with Crippen LogP contribution < -0.4 is 0 Å². The highest BCUT2D eigenvalue weighted by molar-refractivity contribution is 7.85. The third-order valence-electron chi connectivity index (χ3n) is 4.38. The molecular formula is C18H17F3O6S. The van der Waals surface area contributed by atoms with E-state index < -0.39 is 40.0 Å². The molecule has 2 aromatic rings. The number of hydrogen-bond acceptors (Lipinski definition) is 5. The van der Waals surface area contributed by atoms with Gasteiger partial charge < -0.3 is 9.47 Å². The van der Waals surface area contributed by atoms with Gasteiger partial charge in [-0.25, -0.2) is 0 Å². The normalized spacial score (nSPS) is 19.2. The van der Waals surface area contributed by atoms with Crippen LogP contribution in [0.3, 0.4) is 0 Å². The second kappa shape index (κ2) is 7.02. The number of alkyl halides is 3. The minimum atomic E-state index is -5.19. The summed E-state index contributed by atoms with van der Waals surface area (Å²) >= 11 is 0. The Labute approximate surface area is 159 Å². The number of ether oxygens (including phenoxy) is 2. The number of epoxide rings is 1. The summed E-state index contributed by atoms with van der Waals surface area (Å²) < 4.78 is 80.2. The SMILES string of the molecule is CC(CS(=O)(=O)O)(OC(=O)Cc1cc(C2CO2)c2ccccc2c1)C(F)(F)F. The molecule has 6 nitrogen and oxygen atoms in total. The van der Waals surface area contributed by atoms with Crippen LogP contribution in [-0.4, -0.2) is 43.1 Å². The van der Waals surface area contributed by atoms with Gasteiger partial charge in [-0.05, 0) is 28.8 Å². The Bertz CT molecular complexity index is 1010. The van der Waals surface area contributed by atoms with Gasteiger partial charge in [0.05, 0.1) is 13.0 Å². The first-order valence-corrected chi connectivity index (χ1v) is 9.86. The summed E-state index contributed by atoms with van der Waals surface area (Å²) in [4.78, 5) is 12.2. The summed E-state index contributed by atoms with van der Waals surface area (Å²) in [6, 6.07) is 10.6. The van der Waals surface area contributed by atoms with E-state index in [-0.39, 0.29) is 6.10 Å². The average molecular weight is 418 g/mol. The predicted molar refractivity (Wildman–Crippen MR) is 93.3 cm³/mol. The van der Waals surface area contributed by atoms with Crippen molar-refractivity contribution < 1.29 is 40.4 Å². The largest absolute Gasteiger partial charge is 0.448 e. The number of carbonyl (C=O) groups excluding carboxylic acids is 1. The molecule has 0 bridgehead atoms. The molecule has 0 spiro atoms. The van der Waals surface area contributed by atoms with Crippen LogP contribution in [0.1, 0.15) is 24.2 Å². The lowest BCUT2D eigenvalue weighted by Crippen LogP contribution is -2.51. The summed E-state index contributed by atoms with van der Waals surface area (Å²) in [7, 11) is -5.04. The van der Waals surface area contributed by atoms with Crippen molar-refractivity contribution in [1.82, 2.24) is 0 Å². The minimum Gasteiger partial charge on any atom is -0.448 e. The molecule has 152 valence electrons. The molecule has 0 amide bonds. The molecule has 3 rings (SSSR count). The van der Waals surface area contributed by atoms with Crippen LogP contribution in [0.15, 0.2) is 36.4 Å². The number of carbonyl (C=O) groups is 1. The Morgan fingerprint density at radius 1 is 1.29 bits per heavy atom. The lowest BCUT2D eigenvalue weighted by molar-refractivity contribution is -0.255. The van der Waals surface area contributed by atoms with Crippen LogP contribution in [-0.2, 0) is 30.8 Å². The molecule has 0 radical (unpaired) electrons. The van der Waals surface area contributed by atoms with E-state index >= 15 is 0 Å². The first kappa shape index (κ1) is 20.6. The second-order valence-electron chi connectivity index (χ2n) is 6.83. The van der Waals surface area contributed by atoms with Crippen LogP contribution >= 0.6 is 0 Å². The van der Waals surface area contributed by atoms with E-state index in [1.165, 1.54) is 0 Å². The molecular weight excluding hydrogens is 401 g/mol. The van der Waals surface area contributed by atoms with Crippen LogP contribution in [0.25, 0.3) is 10.8 Å². The summed E-state index contributed by atoms with van der Waals surface area (Å²) in [5, 5.41) is 1.70. The molecule has 1 aliphatic heterocycles. The standard InChI is InChI=1S/C18H17F3O6S/c1-17(18(19,20)21,10-28(23,24)25)27-16(22)8-11-6-12-4-2-3-5-13(12)14(7-11)15-9-26-15/h2-7,15H,8-10H2,1H3,(H,23,24,25). The smallest absolute Gasteiger partial charge is 0.429 e. The summed E-state index contributed by atoms with van der Waals surface area (Å²) in [5.41, 5.74) is -2.14. The Morgan fingerprint density at radius 3 is 2.50 bits per heavy atom. The van der Waals surface area contributed by atoms with Crippen LogP contribution in [0.4, 0.5) is 13.2 Å². The first-order valence-electron chi connectivity index (χ1n) is 8.25. The third-order valence-corrected chi connectivity index (χ3v) is 5.29. The Hall–Kier alpha value is -2.17. The molecule has 0 aromatic heterocycles. The number of fused-ring (bicyclic) bond motifs is 1. The topological polar surface area (TPSA) is 93.2 Å². The van der Waals surface area contributed by atoms with Gasteiger partial charge in [0.25, 0.3) is 10.1 Å². The van der Waals surface area contributed by atoms with Gasteiger partial charge >= 0.3 is 12.1 Å². The fourth-order valence-corrected chi connectivity index (χ4v) is 3.89. The number of halogens is 3. The zero-order valence-electron chi connectivity index (χ0n) is 14.7. The lowest BCUT2D eigenvalue weighted by Gasteiger charge is -2.30. The van der Waals surface area contributed by atoms with E-state index in [2.05, 4.69) is 4.74 Å². The van der Waals surface area contributed by atoms with Crippen molar-refractivity contribution in [3.63, 3.8) is 0 Å².